The number of benzene rings is 6. The number of hydrogen-bond acceptors (Lipinski definition) is 0. The molecule has 0 aromatic heterocycles. The van der Waals surface area contributed by atoms with Gasteiger partial charge in [0.2, 0.25) is 0 Å². The van der Waals surface area contributed by atoms with E-state index in [1.165, 1.54) is 55.6 Å². The highest BCUT2D eigenvalue weighted by Gasteiger charge is 2.52. The molecule has 6 aromatic rings. The SMILES string of the molecule is Clc1cccc2cccc(-c3cccc4c3C3(c5ccccc5-c5ccccc53)c3ccccc3-4)c12. The predicted molar refractivity (Wildman–Crippen MR) is 151 cm³/mol. The minimum absolute atomic E-state index is 0.376. The fraction of sp³-hybridized carbons (Fsp3) is 0.0286. The summed E-state index contributed by atoms with van der Waals surface area (Å²) < 4.78 is 0. The van der Waals surface area contributed by atoms with E-state index in [1.807, 2.05) is 12.1 Å². The molecule has 0 aliphatic heterocycles. The normalized spacial score (nSPS) is 13.9. The fourth-order valence-electron chi connectivity index (χ4n) is 6.90. The topological polar surface area (TPSA) is 0 Å². The summed E-state index contributed by atoms with van der Waals surface area (Å²) in [6, 6.07) is 46.4. The standard InChI is InChI=1S/C35H21Cl/c36-32-21-8-11-22-10-7-15-26(33(22)32)28-17-9-16-27-25-14-3-6-20-31(25)35(34(27)28)29-18-4-1-12-23(29)24-13-2-5-19-30(24)35/h1-21H. The number of fused-ring (bicyclic) bond motifs is 11. The molecule has 1 spiro atoms. The molecule has 2 aliphatic rings. The second kappa shape index (κ2) is 7.20. The zero-order valence-electron chi connectivity index (χ0n) is 19.5. The van der Waals surface area contributed by atoms with E-state index in [0.717, 1.165) is 15.8 Å². The second-order valence-electron chi connectivity index (χ2n) is 9.76. The van der Waals surface area contributed by atoms with Crippen LogP contribution in [-0.2, 0) is 5.41 Å². The van der Waals surface area contributed by atoms with Crippen LogP contribution >= 0.6 is 11.6 Å². The lowest BCUT2D eigenvalue weighted by atomic mass is 9.68. The van der Waals surface area contributed by atoms with Gasteiger partial charge >= 0.3 is 0 Å². The minimum Gasteiger partial charge on any atom is -0.0836 e. The maximum Gasteiger partial charge on any atom is 0.0731 e. The summed E-state index contributed by atoms with van der Waals surface area (Å²) in [5, 5.41) is 3.06. The van der Waals surface area contributed by atoms with Gasteiger partial charge in [-0.15, -0.1) is 0 Å². The first kappa shape index (κ1) is 20.1. The van der Waals surface area contributed by atoms with Gasteiger partial charge in [0.1, 0.15) is 0 Å². The molecule has 36 heavy (non-hydrogen) atoms. The molecule has 0 saturated carbocycles. The van der Waals surface area contributed by atoms with Crippen molar-refractivity contribution in [2.45, 2.75) is 5.41 Å². The molecule has 0 unspecified atom stereocenters. The van der Waals surface area contributed by atoms with Crippen molar-refractivity contribution in [1.82, 2.24) is 0 Å². The number of halogens is 1. The molecule has 0 N–H and O–H groups in total. The summed E-state index contributed by atoms with van der Waals surface area (Å²) in [6.07, 6.45) is 0. The van der Waals surface area contributed by atoms with Crippen molar-refractivity contribution < 1.29 is 0 Å². The van der Waals surface area contributed by atoms with Crippen LogP contribution in [0.4, 0.5) is 0 Å². The smallest absolute Gasteiger partial charge is 0.0731 e. The van der Waals surface area contributed by atoms with Gasteiger partial charge in [-0.3, -0.25) is 0 Å². The summed E-state index contributed by atoms with van der Waals surface area (Å²) in [5.74, 6) is 0. The van der Waals surface area contributed by atoms with Gasteiger partial charge in [0.05, 0.1) is 5.41 Å². The Hall–Kier alpha value is -4.13. The highest BCUT2D eigenvalue weighted by Crippen LogP contribution is 2.64. The number of hydrogen-bond donors (Lipinski definition) is 0. The van der Waals surface area contributed by atoms with Crippen LogP contribution in [0.2, 0.25) is 5.02 Å². The van der Waals surface area contributed by atoms with Crippen LogP contribution in [0.3, 0.4) is 0 Å². The molecule has 2 aliphatic carbocycles. The largest absolute Gasteiger partial charge is 0.0836 e. The average molecular weight is 477 g/mol. The quantitative estimate of drug-likeness (QED) is 0.221. The predicted octanol–water partition coefficient (Wildman–Crippen LogP) is 9.50. The summed E-state index contributed by atoms with van der Waals surface area (Å²) in [5.41, 5.74) is 12.7. The van der Waals surface area contributed by atoms with Crippen LogP contribution in [0.1, 0.15) is 22.3 Å². The lowest BCUT2D eigenvalue weighted by Crippen LogP contribution is -2.26. The summed E-state index contributed by atoms with van der Waals surface area (Å²) >= 11 is 6.87. The Morgan fingerprint density at radius 1 is 0.389 bits per heavy atom. The fourth-order valence-corrected chi connectivity index (χ4v) is 7.18. The van der Waals surface area contributed by atoms with Crippen molar-refractivity contribution in [3.05, 3.63) is 155 Å². The first-order chi connectivity index (χ1) is 17.8. The third-order valence-corrected chi connectivity index (χ3v) is 8.47. The molecule has 0 amide bonds. The molecule has 0 saturated heterocycles. The van der Waals surface area contributed by atoms with Crippen molar-refractivity contribution >= 4 is 22.4 Å². The highest BCUT2D eigenvalue weighted by atomic mass is 35.5. The van der Waals surface area contributed by atoms with Gasteiger partial charge in [0.25, 0.3) is 0 Å². The Labute approximate surface area is 215 Å². The van der Waals surface area contributed by atoms with E-state index >= 15 is 0 Å². The van der Waals surface area contributed by atoms with Gasteiger partial charge in [-0.1, -0.05) is 133 Å². The van der Waals surface area contributed by atoms with Crippen molar-refractivity contribution in [3.8, 4) is 33.4 Å². The monoisotopic (exact) mass is 476 g/mol. The van der Waals surface area contributed by atoms with Gasteiger partial charge in [-0.05, 0) is 67.1 Å². The Morgan fingerprint density at radius 2 is 0.806 bits per heavy atom. The maximum atomic E-state index is 6.87. The van der Waals surface area contributed by atoms with Crippen LogP contribution in [0, 0.1) is 0 Å². The molecule has 0 nitrogen and oxygen atoms in total. The van der Waals surface area contributed by atoms with Crippen molar-refractivity contribution in [1.29, 1.82) is 0 Å². The second-order valence-corrected chi connectivity index (χ2v) is 10.2. The molecule has 0 bridgehead atoms. The van der Waals surface area contributed by atoms with E-state index in [0.29, 0.717) is 0 Å². The third-order valence-electron chi connectivity index (χ3n) is 8.16. The van der Waals surface area contributed by atoms with Crippen LogP contribution in [0.15, 0.2) is 127 Å². The molecule has 1 heteroatoms. The zero-order valence-corrected chi connectivity index (χ0v) is 20.3. The van der Waals surface area contributed by atoms with Gasteiger partial charge in [0.15, 0.2) is 0 Å². The van der Waals surface area contributed by atoms with Gasteiger partial charge < -0.3 is 0 Å². The van der Waals surface area contributed by atoms with E-state index in [-0.39, 0.29) is 5.41 Å². The molecule has 6 aromatic carbocycles. The van der Waals surface area contributed by atoms with Crippen LogP contribution in [0.25, 0.3) is 44.2 Å². The summed E-state index contributed by atoms with van der Waals surface area (Å²) in [4.78, 5) is 0. The van der Waals surface area contributed by atoms with E-state index in [2.05, 4.69) is 115 Å². The third kappa shape index (κ3) is 2.35. The summed E-state index contributed by atoms with van der Waals surface area (Å²) in [6.45, 7) is 0. The highest BCUT2D eigenvalue weighted by molar-refractivity contribution is 6.36. The zero-order chi connectivity index (χ0) is 23.9. The molecule has 0 fully saturated rings. The van der Waals surface area contributed by atoms with Gasteiger partial charge in [-0.25, -0.2) is 0 Å². The molecule has 0 radical (unpaired) electrons. The Bertz CT molecular complexity index is 1790. The first-order valence-corrected chi connectivity index (χ1v) is 12.8. The molecule has 8 rings (SSSR count). The molecule has 0 atom stereocenters. The lowest BCUT2D eigenvalue weighted by molar-refractivity contribution is 0.796. The van der Waals surface area contributed by atoms with E-state index in [9.17, 15) is 0 Å². The van der Waals surface area contributed by atoms with Crippen LogP contribution in [0.5, 0.6) is 0 Å². The molecular formula is C35H21Cl. The van der Waals surface area contributed by atoms with E-state index < -0.39 is 0 Å². The van der Waals surface area contributed by atoms with Gasteiger partial charge in [-0.2, -0.15) is 0 Å². The van der Waals surface area contributed by atoms with E-state index in [1.54, 1.807) is 0 Å². The molecular weight excluding hydrogens is 456 g/mol. The Morgan fingerprint density at radius 3 is 1.42 bits per heavy atom. The minimum atomic E-state index is -0.376. The maximum absolute atomic E-state index is 6.87. The van der Waals surface area contributed by atoms with Crippen molar-refractivity contribution in [3.63, 3.8) is 0 Å². The first-order valence-electron chi connectivity index (χ1n) is 12.4. The van der Waals surface area contributed by atoms with Gasteiger partial charge in [0, 0.05) is 10.4 Å². The van der Waals surface area contributed by atoms with Crippen LogP contribution in [-0.4, -0.2) is 0 Å². The Kier molecular flexibility index (Phi) is 4.02. The van der Waals surface area contributed by atoms with E-state index in [4.69, 9.17) is 11.6 Å². The van der Waals surface area contributed by atoms with Crippen molar-refractivity contribution in [2.75, 3.05) is 0 Å². The number of rotatable bonds is 1. The van der Waals surface area contributed by atoms with Crippen molar-refractivity contribution in [2.24, 2.45) is 0 Å². The lowest BCUT2D eigenvalue weighted by Gasteiger charge is -2.32. The summed E-state index contributed by atoms with van der Waals surface area (Å²) in [7, 11) is 0. The Balaban J connectivity index is 1.60. The molecule has 0 heterocycles. The van der Waals surface area contributed by atoms with Crippen LogP contribution < -0.4 is 0 Å². The average Bonchev–Trinajstić information content (AvgIpc) is 3.41. The molecule has 168 valence electrons.